The summed E-state index contributed by atoms with van der Waals surface area (Å²) in [5, 5.41) is 5.52. The largest absolute Gasteiger partial charge is 0.383 e. The highest BCUT2D eigenvalue weighted by Gasteiger charge is 2.08. The smallest absolute Gasteiger partial charge is 0.251 e. The van der Waals surface area contributed by atoms with Gasteiger partial charge in [0.2, 0.25) is 5.91 Å². The van der Waals surface area contributed by atoms with Gasteiger partial charge in [-0.05, 0) is 26.0 Å². The van der Waals surface area contributed by atoms with Crippen molar-refractivity contribution in [1.29, 1.82) is 0 Å². The molecule has 5 nitrogen and oxygen atoms in total. The van der Waals surface area contributed by atoms with Crippen molar-refractivity contribution in [2.75, 3.05) is 20.3 Å². The van der Waals surface area contributed by atoms with E-state index in [1.54, 1.807) is 13.2 Å². The van der Waals surface area contributed by atoms with Crippen LogP contribution < -0.4 is 10.6 Å². The van der Waals surface area contributed by atoms with Crippen molar-refractivity contribution in [3.8, 4) is 0 Å². The SMILES string of the molecule is COCC(C)NC(=O)CCNC(=O)c1cccc(C)c1. The minimum absolute atomic E-state index is 0.0278. The van der Waals surface area contributed by atoms with Crippen LogP contribution in [0.15, 0.2) is 24.3 Å². The van der Waals surface area contributed by atoms with E-state index >= 15 is 0 Å². The Hall–Kier alpha value is -1.88. The van der Waals surface area contributed by atoms with Crippen LogP contribution in [-0.2, 0) is 9.53 Å². The van der Waals surface area contributed by atoms with Crippen molar-refractivity contribution in [3.05, 3.63) is 35.4 Å². The summed E-state index contributed by atoms with van der Waals surface area (Å²) < 4.78 is 4.93. The summed E-state index contributed by atoms with van der Waals surface area (Å²) >= 11 is 0. The molecule has 0 aliphatic heterocycles. The zero-order chi connectivity index (χ0) is 15.0. The molecule has 110 valence electrons. The predicted molar refractivity (Wildman–Crippen MR) is 77.6 cm³/mol. The number of nitrogens with one attached hydrogen (secondary N) is 2. The van der Waals surface area contributed by atoms with E-state index < -0.39 is 0 Å². The molecule has 1 aromatic rings. The maximum Gasteiger partial charge on any atom is 0.251 e. The molecule has 1 unspecified atom stereocenters. The molecule has 20 heavy (non-hydrogen) atoms. The molecule has 0 bridgehead atoms. The van der Waals surface area contributed by atoms with Gasteiger partial charge in [0.15, 0.2) is 0 Å². The van der Waals surface area contributed by atoms with Gasteiger partial charge in [-0.15, -0.1) is 0 Å². The lowest BCUT2D eigenvalue weighted by molar-refractivity contribution is -0.121. The van der Waals surface area contributed by atoms with Gasteiger partial charge in [0, 0.05) is 31.7 Å². The van der Waals surface area contributed by atoms with E-state index in [-0.39, 0.29) is 24.3 Å². The van der Waals surface area contributed by atoms with Crippen molar-refractivity contribution < 1.29 is 14.3 Å². The standard InChI is InChI=1S/C15H22N2O3/c1-11-5-4-6-13(9-11)15(19)16-8-7-14(18)17-12(2)10-20-3/h4-6,9,12H,7-8,10H2,1-3H3,(H,16,19)(H,17,18). The summed E-state index contributed by atoms with van der Waals surface area (Å²) in [7, 11) is 1.59. The summed E-state index contributed by atoms with van der Waals surface area (Å²) in [6.07, 6.45) is 0.256. The molecule has 0 heterocycles. The third-order valence-electron chi connectivity index (χ3n) is 2.74. The van der Waals surface area contributed by atoms with Crippen molar-refractivity contribution in [2.24, 2.45) is 0 Å². The van der Waals surface area contributed by atoms with E-state index in [4.69, 9.17) is 4.74 Å². The van der Waals surface area contributed by atoms with Crippen LogP contribution in [0.2, 0.25) is 0 Å². The molecule has 5 heteroatoms. The molecule has 1 rings (SSSR count). The van der Waals surface area contributed by atoms with Crippen LogP contribution in [0.5, 0.6) is 0 Å². The summed E-state index contributed by atoms with van der Waals surface area (Å²) in [5.41, 5.74) is 1.64. The quantitative estimate of drug-likeness (QED) is 0.789. The first kappa shape index (κ1) is 16.2. The topological polar surface area (TPSA) is 67.4 Å². The molecule has 1 aromatic carbocycles. The van der Waals surface area contributed by atoms with E-state index in [2.05, 4.69) is 10.6 Å². The molecule has 2 amide bonds. The van der Waals surface area contributed by atoms with Gasteiger partial charge in [0.05, 0.1) is 6.61 Å². The molecule has 0 aliphatic carbocycles. The first-order chi connectivity index (χ1) is 9.52. The summed E-state index contributed by atoms with van der Waals surface area (Å²) in [6.45, 7) is 4.59. The van der Waals surface area contributed by atoms with Crippen LogP contribution in [0, 0.1) is 6.92 Å². The molecule has 0 spiro atoms. The minimum atomic E-state index is -0.161. The highest BCUT2D eigenvalue weighted by molar-refractivity contribution is 5.94. The van der Waals surface area contributed by atoms with E-state index in [0.717, 1.165) is 5.56 Å². The van der Waals surface area contributed by atoms with Crippen molar-refractivity contribution in [2.45, 2.75) is 26.3 Å². The fourth-order valence-corrected chi connectivity index (χ4v) is 1.82. The van der Waals surface area contributed by atoms with Crippen LogP contribution in [-0.4, -0.2) is 38.1 Å². The Bertz CT molecular complexity index is 460. The number of amides is 2. The van der Waals surface area contributed by atoms with Gasteiger partial charge in [0.1, 0.15) is 0 Å². The van der Waals surface area contributed by atoms with Crippen LogP contribution in [0.25, 0.3) is 0 Å². The van der Waals surface area contributed by atoms with Crippen LogP contribution in [0.4, 0.5) is 0 Å². The van der Waals surface area contributed by atoms with Crippen LogP contribution >= 0.6 is 0 Å². The molecule has 0 saturated carbocycles. The highest BCUT2D eigenvalue weighted by Crippen LogP contribution is 2.03. The highest BCUT2D eigenvalue weighted by atomic mass is 16.5. The number of carbonyl (C=O) groups excluding carboxylic acids is 2. The van der Waals surface area contributed by atoms with Crippen LogP contribution in [0.1, 0.15) is 29.3 Å². The molecule has 0 saturated heterocycles. The molecule has 0 aromatic heterocycles. The average Bonchev–Trinajstić information content (AvgIpc) is 2.38. The van der Waals surface area contributed by atoms with Crippen molar-refractivity contribution in [1.82, 2.24) is 10.6 Å². The first-order valence-corrected chi connectivity index (χ1v) is 6.66. The molecule has 1 atom stereocenters. The second-order valence-electron chi connectivity index (χ2n) is 4.80. The zero-order valence-corrected chi connectivity index (χ0v) is 12.2. The Balaban J connectivity index is 2.30. The number of ether oxygens (including phenoxy) is 1. The number of methoxy groups -OCH3 is 1. The molecule has 2 N–H and O–H groups in total. The maximum absolute atomic E-state index is 11.8. The third-order valence-corrected chi connectivity index (χ3v) is 2.74. The summed E-state index contributed by atoms with van der Waals surface area (Å²) in [5.74, 6) is -0.259. The maximum atomic E-state index is 11.8. The number of hydrogen-bond donors (Lipinski definition) is 2. The molecular formula is C15H22N2O3. The molecule has 0 radical (unpaired) electrons. The Morgan fingerprint density at radius 2 is 2.10 bits per heavy atom. The Kier molecular flexibility index (Phi) is 6.73. The van der Waals surface area contributed by atoms with Crippen molar-refractivity contribution in [3.63, 3.8) is 0 Å². The monoisotopic (exact) mass is 278 g/mol. The molecule has 0 aliphatic rings. The Labute approximate surface area is 119 Å². The molecule has 0 fully saturated rings. The second kappa shape index (κ2) is 8.32. The lowest BCUT2D eigenvalue weighted by atomic mass is 10.1. The summed E-state index contributed by atoms with van der Waals surface area (Å²) in [4.78, 5) is 23.4. The number of carbonyl (C=O) groups is 2. The minimum Gasteiger partial charge on any atom is -0.383 e. The van der Waals surface area contributed by atoms with E-state index in [9.17, 15) is 9.59 Å². The second-order valence-corrected chi connectivity index (χ2v) is 4.80. The number of aryl methyl sites for hydroxylation is 1. The fourth-order valence-electron chi connectivity index (χ4n) is 1.82. The summed E-state index contributed by atoms with van der Waals surface area (Å²) in [6, 6.07) is 7.31. The normalized spacial score (nSPS) is 11.8. The van der Waals surface area contributed by atoms with Gasteiger partial charge >= 0.3 is 0 Å². The van der Waals surface area contributed by atoms with Gasteiger partial charge < -0.3 is 15.4 Å². The van der Waals surface area contributed by atoms with E-state index in [1.807, 2.05) is 32.0 Å². The number of hydrogen-bond acceptors (Lipinski definition) is 3. The Morgan fingerprint density at radius 1 is 1.35 bits per heavy atom. The van der Waals surface area contributed by atoms with Gasteiger partial charge in [-0.1, -0.05) is 17.7 Å². The van der Waals surface area contributed by atoms with Crippen LogP contribution in [0.3, 0.4) is 0 Å². The van der Waals surface area contributed by atoms with Crippen molar-refractivity contribution >= 4 is 11.8 Å². The number of benzene rings is 1. The van der Waals surface area contributed by atoms with Gasteiger partial charge in [0.25, 0.3) is 5.91 Å². The van der Waals surface area contributed by atoms with Gasteiger partial charge in [-0.2, -0.15) is 0 Å². The lowest BCUT2D eigenvalue weighted by Gasteiger charge is -2.12. The third kappa shape index (κ3) is 5.84. The van der Waals surface area contributed by atoms with Gasteiger partial charge in [-0.25, -0.2) is 0 Å². The Morgan fingerprint density at radius 3 is 2.75 bits per heavy atom. The van der Waals surface area contributed by atoms with E-state index in [1.165, 1.54) is 0 Å². The fraction of sp³-hybridized carbons (Fsp3) is 0.467. The zero-order valence-electron chi connectivity index (χ0n) is 12.2. The first-order valence-electron chi connectivity index (χ1n) is 6.66. The predicted octanol–water partition coefficient (Wildman–Crippen LogP) is 1.27. The number of rotatable bonds is 7. The van der Waals surface area contributed by atoms with Gasteiger partial charge in [-0.3, -0.25) is 9.59 Å². The molecular weight excluding hydrogens is 256 g/mol. The average molecular weight is 278 g/mol. The van der Waals surface area contributed by atoms with E-state index in [0.29, 0.717) is 18.7 Å². The lowest BCUT2D eigenvalue weighted by Crippen LogP contribution is -2.37.